The van der Waals surface area contributed by atoms with Crippen molar-refractivity contribution in [1.29, 1.82) is 0 Å². The molecule has 1 aliphatic carbocycles. The van der Waals surface area contributed by atoms with Gasteiger partial charge in [0.2, 0.25) is 0 Å². The molecule has 10 unspecified atom stereocenters. The number of carbonyl (C=O) groups is 9. The van der Waals surface area contributed by atoms with Crippen LogP contribution in [-0.4, -0.2) is 259 Å². The minimum absolute atomic E-state index is 0.00120. The largest absolute Gasteiger partial charge is 0.336 e. The standard InChI is InChI=1S/C12H16N2O.C10H18N2O.C10H12N2O.C9H18N2O.2C7H14N2O.2C6H12N2O.C5H10N2O/c1-9-11(13-12(15)14(9)2)8-10-6-4-3-5-7-10;2*1-8-7-11-10(13)12(8)9-5-3-2-4-6-9;1-6-7(9(2,3)4)10-8(12)11(6)5;1-5-7(2,3)8-6(10)9(5)4;1-4-6-5(2)9(3)7(10)8-6;2*1-6(2)4-7-5(9)8(6)3;1-4-3-6-5(8)7(4)2/h3-7,9,11H,8H2,1-2H3,(H,13,15);8-9H,2-7H2,1H3,(H,11,13);2-6,8H,7H2,1H3,(H,11,13);6-7H,1-5H3,(H,10,12);5H,1-4H3,(H,8,10);5-6H,4H2,1-3H3,(H,8,10);2*4H2,1-3H3,(H,7,9);4H,3H2,1-2H3,(H,6,8). The molecule has 27 heteroatoms. The highest BCUT2D eigenvalue weighted by atomic mass is 16.2. The molecule has 27 nitrogen and oxygen atoms in total. The van der Waals surface area contributed by atoms with Crippen molar-refractivity contribution in [3.05, 3.63) is 66.2 Å². The molecule has 0 spiro atoms. The quantitative estimate of drug-likeness (QED) is 0.138. The SMILES string of the molecule is CC1C(C(C)(C)C)NC(=O)N1C.CC1C(Cc2ccccc2)NC(=O)N1C.CC1CNC(=O)N1C.CC1CNC(=O)N1C1CCCCC1.CC1CNC(=O)N1c1ccccc1.CC1N(C)C(=O)NC1(C)C.CCC1NC(=O)N(C)C1C.CN1C(=O)NCC1(C)C.CN1C(=O)NCC1(C)C. The van der Waals surface area contributed by atoms with Crippen molar-refractivity contribution in [2.45, 2.75) is 246 Å². The van der Waals surface area contributed by atoms with Crippen molar-refractivity contribution in [2.24, 2.45) is 5.41 Å². The third-order valence-electron chi connectivity index (χ3n) is 21.2. The lowest BCUT2D eigenvalue weighted by Gasteiger charge is -2.33. The van der Waals surface area contributed by atoms with Gasteiger partial charge in [0.25, 0.3) is 0 Å². The lowest BCUT2D eigenvalue weighted by Crippen LogP contribution is -2.42. The summed E-state index contributed by atoms with van der Waals surface area (Å²) in [5, 5.41) is 25.6. The minimum Gasteiger partial charge on any atom is -0.336 e. The molecule has 558 valence electrons. The van der Waals surface area contributed by atoms with Crippen molar-refractivity contribution in [3.63, 3.8) is 0 Å². The molecule has 18 amide bonds. The van der Waals surface area contributed by atoms with Crippen LogP contribution in [0.25, 0.3) is 0 Å². The minimum atomic E-state index is -0.0775. The number of urea groups is 9. The van der Waals surface area contributed by atoms with E-state index in [4.69, 9.17) is 0 Å². The molecular weight excluding hydrogens is 1260 g/mol. The molecule has 9 heterocycles. The Labute approximate surface area is 592 Å². The summed E-state index contributed by atoms with van der Waals surface area (Å²) in [6.45, 7) is 39.0. The molecule has 1 saturated carbocycles. The third-order valence-corrected chi connectivity index (χ3v) is 21.2. The summed E-state index contributed by atoms with van der Waals surface area (Å²) in [7, 11) is 12.7. The van der Waals surface area contributed by atoms with Gasteiger partial charge < -0.3 is 87.1 Å². The Bertz CT molecular complexity index is 2950. The molecule has 9 N–H and O–H groups in total. The van der Waals surface area contributed by atoms with Crippen LogP contribution in [0.15, 0.2) is 60.7 Å². The number of nitrogens with zero attached hydrogens (tertiary/aromatic N) is 9. The zero-order chi connectivity index (χ0) is 74.8. The van der Waals surface area contributed by atoms with Gasteiger partial charge in [0, 0.05) is 106 Å². The van der Waals surface area contributed by atoms with Crippen LogP contribution in [-0.2, 0) is 6.42 Å². The maximum Gasteiger partial charge on any atom is 0.322 e. The van der Waals surface area contributed by atoms with E-state index in [0.717, 1.165) is 51.3 Å². The molecule has 2 aromatic rings. The van der Waals surface area contributed by atoms with Gasteiger partial charge in [-0.2, -0.15) is 0 Å². The number of rotatable bonds is 5. The Hall–Kier alpha value is -8.13. The highest BCUT2D eigenvalue weighted by Gasteiger charge is 2.42. The number of carbonyl (C=O) groups excluding carboxylic acids is 9. The van der Waals surface area contributed by atoms with Crippen LogP contribution in [0.3, 0.4) is 0 Å². The zero-order valence-corrected chi connectivity index (χ0v) is 64.3. The second-order valence-electron chi connectivity index (χ2n) is 30.7. The molecule has 0 bridgehead atoms. The Kier molecular flexibility index (Phi) is 30.5. The monoisotopic (exact) mass is 1390 g/mol. The molecule has 9 saturated heterocycles. The fourth-order valence-corrected chi connectivity index (χ4v) is 12.4. The normalized spacial score (nSPS) is 27.6. The van der Waals surface area contributed by atoms with Crippen LogP contribution in [0.2, 0.25) is 0 Å². The Morgan fingerprint density at radius 3 is 1.15 bits per heavy atom. The zero-order valence-electron chi connectivity index (χ0n) is 64.3. The van der Waals surface area contributed by atoms with Crippen LogP contribution in [0.4, 0.5) is 48.8 Å². The molecular formula is C72H126N18O9. The van der Waals surface area contributed by atoms with Gasteiger partial charge in [-0.25, -0.2) is 43.2 Å². The number of likely N-dealkylation sites (N-methyl/N-ethyl adjacent to an activating group) is 7. The fourth-order valence-electron chi connectivity index (χ4n) is 12.4. The lowest BCUT2D eigenvalue weighted by atomic mass is 9.83. The molecule has 10 atom stereocenters. The van der Waals surface area contributed by atoms with Gasteiger partial charge in [-0.1, -0.05) is 95.5 Å². The van der Waals surface area contributed by atoms with Gasteiger partial charge in [-0.05, 0) is 139 Å². The summed E-state index contributed by atoms with van der Waals surface area (Å²) in [6.07, 6.45) is 8.26. The van der Waals surface area contributed by atoms with E-state index in [1.165, 1.54) is 37.7 Å². The average Bonchev–Trinajstić information content (AvgIpc) is 1.62. The summed E-state index contributed by atoms with van der Waals surface area (Å²) in [5.74, 6) is 0. The van der Waals surface area contributed by atoms with Crippen molar-refractivity contribution in [3.8, 4) is 0 Å². The third kappa shape index (κ3) is 23.0. The first-order valence-corrected chi connectivity index (χ1v) is 35.4. The summed E-state index contributed by atoms with van der Waals surface area (Å²) >= 11 is 0. The summed E-state index contributed by atoms with van der Waals surface area (Å²) in [4.78, 5) is 116. The summed E-state index contributed by atoms with van der Waals surface area (Å²) < 4.78 is 0. The number of hydrogen-bond donors (Lipinski definition) is 9. The predicted molar refractivity (Wildman–Crippen MR) is 393 cm³/mol. The number of amides is 18. The first kappa shape index (κ1) is 83.3. The number of anilines is 1. The van der Waals surface area contributed by atoms with Crippen LogP contribution in [0.5, 0.6) is 0 Å². The molecule has 9 aliphatic heterocycles. The van der Waals surface area contributed by atoms with Crippen molar-refractivity contribution < 1.29 is 43.2 Å². The molecule has 0 aromatic heterocycles. The maximum absolute atomic E-state index is 11.5. The fraction of sp³-hybridized carbons (Fsp3) is 0.708. The molecule has 2 aromatic carbocycles. The Morgan fingerprint density at radius 2 is 0.879 bits per heavy atom. The van der Waals surface area contributed by atoms with E-state index in [0.29, 0.717) is 30.2 Å². The molecule has 10 aliphatic rings. The number of hydrogen-bond acceptors (Lipinski definition) is 9. The van der Waals surface area contributed by atoms with Crippen molar-refractivity contribution >= 4 is 60.0 Å². The van der Waals surface area contributed by atoms with Gasteiger partial charge in [-0.3, -0.25) is 4.90 Å². The van der Waals surface area contributed by atoms with E-state index in [1.807, 2.05) is 153 Å². The van der Waals surface area contributed by atoms with E-state index >= 15 is 0 Å². The average molecular weight is 1390 g/mol. The van der Waals surface area contributed by atoms with Gasteiger partial charge in [0.15, 0.2) is 0 Å². The molecule has 10 fully saturated rings. The van der Waals surface area contributed by atoms with Crippen LogP contribution in [0, 0.1) is 5.41 Å². The molecule has 12 rings (SSSR count). The molecule has 0 radical (unpaired) electrons. The first-order chi connectivity index (χ1) is 46.0. The van der Waals surface area contributed by atoms with Crippen molar-refractivity contribution in [1.82, 2.24) is 87.1 Å². The Balaban J connectivity index is 0.000000238. The lowest BCUT2D eigenvalue weighted by molar-refractivity contribution is 0.158. The maximum atomic E-state index is 11.5. The number of para-hydroxylation sites is 1. The van der Waals surface area contributed by atoms with Gasteiger partial charge in [0.05, 0.1) is 65.0 Å². The van der Waals surface area contributed by atoms with E-state index in [9.17, 15) is 43.2 Å². The van der Waals surface area contributed by atoms with Gasteiger partial charge in [-0.15, -0.1) is 0 Å². The smallest absolute Gasteiger partial charge is 0.322 e. The van der Waals surface area contributed by atoms with E-state index < -0.39 is 0 Å². The van der Waals surface area contributed by atoms with Crippen LogP contribution < -0.4 is 52.8 Å². The highest BCUT2D eigenvalue weighted by Crippen LogP contribution is 2.29. The Morgan fingerprint density at radius 1 is 0.444 bits per heavy atom. The van der Waals surface area contributed by atoms with Gasteiger partial charge in [0.1, 0.15) is 0 Å². The topological polar surface area (TPSA) is 291 Å². The summed E-state index contributed by atoms with van der Waals surface area (Å²) in [6, 6.07) is 23.9. The first-order valence-electron chi connectivity index (χ1n) is 35.4. The van der Waals surface area contributed by atoms with Crippen LogP contribution >= 0.6 is 0 Å². The van der Waals surface area contributed by atoms with E-state index in [-0.39, 0.29) is 113 Å². The predicted octanol–water partition coefficient (Wildman–Crippen LogP) is 8.91. The second-order valence-corrected chi connectivity index (χ2v) is 30.7. The summed E-state index contributed by atoms with van der Waals surface area (Å²) in [5.41, 5.74) is 2.29. The van der Waals surface area contributed by atoms with E-state index in [1.54, 1.807) is 46.2 Å². The van der Waals surface area contributed by atoms with Gasteiger partial charge >= 0.3 is 54.3 Å². The number of nitrogens with one attached hydrogen (secondary N) is 9. The van der Waals surface area contributed by atoms with Crippen LogP contribution in [0.1, 0.15) is 162 Å². The number of benzene rings is 2. The van der Waals surface area contributed by atoms with E-state index in [2.05, 4.69) is 120 Å². The molecule has 99 heavy (non-hydrogen) atoms. The highest BCUT2D eigenvalue weighted by molar-refractivity contribution is 5.94. The second kappa shape index (κ2) is 36.3. The van der Waals surface area contributed by atoms with Crippen molar-refractivity contribution in [2.75, 3.05) is 87.0 Å².